The number of rotatable bonds is 7. The first-order valence-electron chi connectivity index (χ1n) is 13.1. The van der Waals surface area contributed by atoms with Crippen molar-refractivity contribution in [2.75, 3.05) is 25.0 Å². The molecular formula is C28H38N4O. The van der Waals surface area contributed by atoms with E-state index in [0.29, 0.717) is 12.5 Å². The molecule has 2 heterocycles. The van der Waals surface area contributed by atoms with E-state index in [2.05, 4.69) is 57.4 Å². The van der Waals surface area contributed by atoms with Crippen LogP contribution in [0.4, 0.5) is 5.82 Å². The third-order valence-electron chi connectivity index (χ3n) is 9.24. The molecule has 5 nitrogen and oxygen atoms in total. The molecule has 4 aliphatic carbocycles. The lowest BCUT2D eigenvalue weighted by atomic mass is 9.48. The molecule has 7 rings (SSSR count). The second-order valence-electron chi connectivity index (χ2n) is 11.6. The predicted molar refractivity (Wildman–Crippen MR) is 131 cm³/mol. The van der Waals surface area contributed by atoms with Crippen LogP contribution >= 0.6 is 0 Å². The van der Waals surface area contributed by atoms with Gasteiger partial charge in [0.2, 0.25) is 0 Å². The van der Waals surface area contributed by atoms with E-state index in [1.54, 1.807) is 6.33 Å². The molecule has 176 valence electrons. The fourth-order valence-corrected chi connectivity index (χ4v) is 7.99. The number of fused-ring (bicyclic) bond motifs is 1. The Kier molecular flexibility index (Phi) is 5.66. The zero-order valence-electron chi connectivity index (χ0n) is 19.9. The van der Waals surface area contributed by atoms with Crippen LogP contribution in [-0.2, 0) is 13.0 Å². The predicted octanol–water partition coefficient (Wildman–Crippen LogP) is 4.63. The van der Waals surface area contributed by atoms with Crippen LogP contribution in [0.1, 0.15) is 68.2 Å². The molecule has 0 saturated heterocycles. The number of hydrogen-bond acceptors (Lipinski definition) is 5. The molecule has 2 aromatic rings. The Balaban J connectivity index is 1.09. The summed E-state index contributed by atoms with van der Waals surface area (Å²) < 4.78 is 0. The van der Waals surface area contributed by atoms with Crippen LogP contribution in [0, 0.1) is 23.2 Å². The molecule has 2 unspecified atom stereocenters. The number of hydrogen-bond donors (Lipinski definition) is 2. The van der Waals surface area contributed by atoms with E-state index in [-0.39, 0.29) is 11.5 Å². The smallest absolute Gasteiger partial charge is 0.133 e. The minimum atomic E-state index is -0.275. The molecule has 4 fully saturated rings. The molecular weight excluding hydrogens is 408 g/mol. The summed E-state index contributed by atoms with van der Waals surface area (Å²) in [5.41, 5.74) is 3.94. The second kappa shape index (κ2) is 8.66. The highest BCUT2D eigenvalue weighted by Gasteiger charge is 2.53. The maximum atomic E-state index is 11.3. The minimum absolute atomic E-state index is 0.152. The van der Waals surface area contributed by atoms with Gasteiger partial charge in [0.1, 0.15) is 12.1 Å². The van der Waals surface area contributed by atoms with Crippen LogP contribution in [0.15, 0.2) is 36.7 Å². The molecule has 0 amide bonds. The summed E-state index contributed by atoms with van der Waals surface area (Å²) >= 11 is 0. The summed E-state index contributed by atoms with van der Waals surface area (Å²) in [6.45, 7) is 5.87. The highest BCUT2D eigenvalue weighted by atomic mass is 16.3. The van der Waals surface area contributed by atoms with Crippen molar-refractivity contribution in [2.45, 2.75) is 70.4 Å². The average Bonchev–Trinajstić information content (AvgIpc) is 2.82. The van der Waals surface area contributed by atoms with Gasteiger partial charge in [-0.15, -0.1) is 0 Å². The monoisotopic (exact) mass is 446 g/mol. The standard InChI is InChI=1S/C28H38N4O/c1-19(23-5-3-2-4-6-23)16-32-8-7-24-25(17-32)30-18-31-27(24)29-15-26(33)28-12-20-9-21(13-28)11-22(10-20)14-28/h2-6,18-22,26,33H,7-17H2,1H3,(H,29,30,31). The molecule has 2 N–H and O–H groups in total. The Morgan fingerprint density at radius 1 is 1.06 bits per heavy atom. The van der Waals surface area contributed by atoms with Gasteiger partial charge in [0.25, 0.3) is 0 Å². The largest absolute Gasteiger partial charge is 0.391 e. The van der Waals surface area contributed by atoms with Crippen molar-refractivity contribution in [1.82, 2.24) is 14.9 Å². The first kappa shape index (κ1) is 21.5. The van der Waals surface area contributed by atoms with Crippen molar-refractivity contribution in [2.24, 2.45) is 23.2 Å². The van der Waals surface area contributed by atoms with E-state index in [0.717, 1.165) is 55.3 Å². The quantitative estimate of drug-likeness (QED) is 0.649. The lowest BCUT2D eigenvalue weighted by Gasteiger charge is -2.58. The van der Waals surface area contributed by atoms with E-state index in [1.165, 1.54) is 49.7 Å². The fraction of sp³-hybridized carbons (Fsp3) is 0.643. The zero-order valence-corrected chi connectivity index (χ0v) is 19.9. The van der Waals surface area contributed by atoms with Crippen LogP contribution in [0.25, 0.3) is 0 Å². The highest BCUT2D eigenvalue weighted by molar-refractivity contribution is 5.47. The van der Waals surface area contributed by atoms with Crippen LogP contribution in [-0.4, -0.2) is 45.7 Å². The summed E-state index contributed by atoms with van der Waals surface area (Å²) in [5, 5.41) is 14.9. The minimum Gasteiger partial charge on any atom is -0.391 e. The number of aromatic nitrogens is 2. The summed E-state index contributed by atoms with van der Waals surface area (Å²) in [6, 6.07) is 10.8. The van der Waals surface area contributed by atoms with Crippen molar-refractivity contribution < 1.29 is 5.11 Å². The third-order valence-corrected chi connectivity index (χ3v) is 9.24. The van der Waals surface area contributed by atoms with E-state index in [4.69, 9.17) is 0 Å². The normalized spacial score (nSPS) is 32.4. The molecule has 5 aliphatic rings. The van der Waals surface area contributed by atoms with Crippen molar-refractivity contribution in [3.63, 3.8) is 0 Å². The first-order valence-corrected chi connectivity index (χ1v) is 13.1. The third kappa shape index (κ3) is 4.19. The lowest BCUT2D eigenvalue weighted by molar-refractivity contribution is -0.115. The molecule has 1 aromatic heterocycles. The van der Waals surface area contributed by atoms with E-state index in [1.807, 2.05) is 0 Å². The van der Waals surface area contributed by atoms with Gasteiger partial charge < -0.3 is 10.4 Å². The molecule has 0 spiro atoms. The Labute approximate surface area is 198 Å². The Morgan fingerprint density at radius 3 is 2.45 bits per heavy atom. The molecule has 33 heavy (non-hydrogen) atoms. The first-order chi connectivity index (χ1) is 16.1. The number of aliphatic hydroxyl groups is 1. The molecule has 5 heteroatoms. The average molecular weight is 447 g/mol. The van der Waals surface area contributed by atoms with Crippen molar-refractivity contribution in [3.8, 4) is 0 Å². The number of aliphatic hydroxyl groups excluding tert-OH is 1. The van der Waals surface area contributed by atoms with Gasteiger partial charge in [-0.2, -0.15) is 0 Å². The molecule has 1 aromatic carbocycles. The van der Waals surface area contributed by atoms with Crippen molar-refractivity contribution in [1.29, 1.82) is 0 Å². The molecule has 1 aliphatic heterocycles. The lowest BCUT2D eigenvalue weighted by Crippen LogP contribution is -2.53. The molecule has 4 bridgehead atoms. The van der Waals surface area contributed by atoms with Gasteiger partial charge in [-0.05, 0) is 79.6 Å². The molecule has 2 atom stereocenters. The van der Waals surface area contributed by atoms with E-state index < -0.39 is 0 Å². The van der Waals surface area contributed by atoms with Gasteiger partial charge in [0, 0.05) is 31.7 Å². The zero-order chi connectivity index (χ0) is 22.4. The van der Waals surface area contributed by atoms with Gasteiger partial charge in [0.15, 0.2) is 0 Å². The number of benzene rings is 1. The number of nitrogens with zero attached hydrogens (tertiary/aromatic N) is 3. The summed E-state index contributed by atoms with van der Waals surface area (Å²) in [7, 11) is 0. The van der Waals surface area contributed by atoms with Gasteiger partial charge in [-0.1, -0.05) is 37.3 Å². The van der Waals surface area contributed by atoms with Gasteiger partial charge in [-0.25, -0.2) is 9.97 Å². The van der Waals surface area contributed by atoms with Gasteiger partial charge >= 0.3 is 0 Å². The summed E-state index contributed by atoms with van der Waals surface area (Å²) in [5.74, 6) is 4.04. The van der Waals surface area contributed by atoms with Crippen LogP contribution in [0.2, 0.25) is 0 Å². The van der Waals surface area contributed by atoms with E-state index >= 15 is 0 Å². The summed E-state index contributed by atoms with van der Waals surface area (Å²) in [6.07, 6.45) is 10.3. The van der Waals surface area contributed by atoms with Gasteiger partial charge in [0.05, 0.1) is 11.8 Å². The number of nitrogens with one attached hydrogen (secondary N) is 1. The van der Waals surface area contributed by atoms with Crippen LogP contribution in [0.3, 0.4) is 0 Å². The van der Waals surface area contributed by atoms with Crippen molar-refractivity contribution in [3.05, 3.63) is 53.5 Å². The maximum absolute atomic E-state index is 11.3. The van der Waals surface area contributed by atoms with Crippen LogP contribution in [0.5, 0.6) is 0 Å². The Bertz CT molecular complexity index is 942. The molecule has 0 radical (unpaired) electrons. The molecule has 4 saturated carbocycles. The Hall–Kier alpha value is -1.98. The van der Waals surface area contributed by atoms with Crippen LogP contribution < -0.4 is 5.32 Å². The van der Waals surface area contributed by atoms with Gasteiger partial charge in [-0.3, -0.25) is 4.90 Å². The second-order valence-corrected chi connectivity index (χ2v) is 11.6. The van der Waals surface area contributed by atoms with Crippen molar-refractivity contribution >= 4 is 5.82 Å². The summed E-state index contributed by atoms with van der Waals surface area (Å²) in [4.78, 5) is 11.7. The fourth-order valence-electron chi connectivity index (χ4n) is 7.99. The Morgan fingerprint density at radius 2 is 1.76 bits per heavy atom. The highest BCUT2D eigenvalue weighted by Crippen LogP contribution is 2.61. The SMILES string of the molecule is CC(CN1CCc2c(ncnc2NCC(O)C23CC4CC(CC(C4)C2)C3)C1)c1ccccc1. The topological polar surface area (TPSA) is 61.3 Å². The maximum Gasteiger partial charge on any atom is 0.133 e. The number of anilines is 1. The van der Waals surface area contributed by atoms with E-state index in [9.17, 15) is 5.11 Å².